The minimum atomic E-state index is -0.513. The molecular formula is C26H27NO2. The molecule has 0 unspecified atom stereocenters. The van der Waals surface area contributed by atoms with Gasteiger partial charge in [-0.1, -0.05) is 80.1 Å². The normalized spacial score (nSPS) is 18.1. The van der Waals surface area contributed by atoms with Gasteiger partial charge in [-0.2, -0.15) is 5.26 Å². The number of Topliss-reactive ketones (excluding diaryl/α,β-unsaturated/α-hetero) is 2. The predicted molar refractivity (Wildman–Crippen MR) is 114 cm³/mol. The largest absolute Gasteiger partial charge is 0.294 e. The molecule has 3 rings (SSSR count). The highest BCUT2D eigenvalue weighted by molar-refractivity contribution is 6.23. The van der Waals surface area contributed by atoms with Gasteiger partial charge in [0.1, 0.15) is 0 Å². The second-order valence-electron chi connectivity index (χ2n) is 8.53. The Kier molecular flexibility index (Phi) is 6.13. The van der Waals surface area contributed by atoms with E-state index in [0.29, 0.717) is 5.57 Å². The third-order valence-electron chi connectivity index (χ3n) is 6.01. The van der Waals surface area contributed by atoms with Gasteiger partial charge in [0.25, 0.3) is 0 Å². The molecule has 1 aliphatic carbocycles. The molecule has 0 saturated carbocycles. The van der Waals surface area contributed by atoms with Crippen LogP contribution in [0.1, 0.15) is 63.0 Å². The van der Waals surface area contributed by atoms with Crippen molar-refractivity contribution in [3.8, 4) is 6.07 Å². The Labute approximate surface area is 173 Å². The van der Waals surface area contributed by atoms with E-state index in [9.17, 15) is 14.9 Å². The summed E-state index contributed by atoms with van der Waals surface area (Å²) in [5.74, 6) is -0.985. The first kappa shape index (κ1) is 20.7. The third-order valence-corrected chi connectivity index (χ3v) is 6.01. The van der Waals surface area contributed by atoms with Crippen LogP contribution in [0.25, 0.3) is 0 Å². The van der Waals surface area contributed by atoms with Crippen LogP contribution in [0.4, 0.5) is 0 Å². The second-order valence-corrected chi connectivity index (χ2v) is 8.53. The smallest absolute Gasteiger partial charge is 0.171 e. The molecular weight excluding hydrogens is 358 g/mol. The lowest BCUT2D eigenvalue weighted by molar-refractivity contribution is -0.127. The molecule has 0 spiro atoms. The Morgan fingerprint density at radius 2 is 1.59 bits per heavy atom. The maximum Gasteiger partial charge on any atom is 0.171 e. The van der Waals surface area contributed by atoms with Crippen LogP contribution < -0.4 is 0 Å². The number of hydrogen-bond donors (Lipinski definition) is 0. The van der Waals surface area contributed by atoms with Crippen LogP contribution in [0.5, 0.6) is 0 Å². The van der Waals surface area contributed by atoms with E-state index in [1.165, 1.54) is 0 Å². The summed E-state index contributed by atoms with van der Waals surface area (Å²) in [5, 5.41) is 9.98. The number of allylic oxidation sites excluding steroid dienone is 2. The van der Waals surface area contributed by atoms with Gasteiger partial charge in [-0.15, -0.1) is 0 Å². The third kappa shape index (κ3) is 4.38. The quantitative estimate of drug-likeness (QED) is 0.596. The maximum atomic E-state index is 13.4. The zero-order valence-electron chi connectivity index (χ0n) is 17.3. The van der Waals surface area contributed by atoms with Crippen LogP contribution in [-0.2, 0) is 9.59 Å². The molecule has 3 heteroatoms. The summed E-state index contributed by atoms with van der Waals surface area (Å²) < 4.78 is 0. The zero-order chi connectivity index (χ0) is 21.0. The summed E-state index contributed by atoms with van der Waals surface area (Å²) in [6, 6.07) is 21.7. The lowest BCUT2D eigenvalue weighted by atomic mass is 9.70. The molecule has 2 atom stereocenters. The second kappa shape index (κ2) is 8.57. The monoisotopic (exact) mass is 385 g/mol. The molecule has 148 valence electrons. The van der Waals surface area contributed by atoms with E-state index in [-0.39, 0.29) is 23.9 Å². The standard InChI is InChI=1S/C26H27NO2/c1-18-14-15-26(2,3)25(29)24(18)23(28)16-21(19-10-6-4-7-11-19)22(17-27)20-12-8-5-9-13-20/h4-13,21-22H,14-16H2,1-3H3/t21-,22-/m1/s1. The van der Waals surface area contributed by atoms with E-state index in [2.05, 4.69) is 6.07 Å². The van der Waals surface area contributed by atoms with Gasteiger partial charge in [0.2, 0.25) is 0 Å². The van der Waals surface area contributed by atoms with Crippen LogP contribution in [0.2, 0.25) is 0 Å². The van der Waals surface area contributed by atoms with Gasteiger partial charge >= 0.3 is 0 Å². The molecule has 0 radical (unpaired) electrons. The summed E-state index contributed by atoms with van der Waals surface area (Å²) in [6.07, 6.45) is 1.67. The summed E-state index contributed by atoms with van der Waals surface area (Å²) in [7, 11) is 0. The molecule has 3 nitrogen and oxygen atoms in total. The van der Waals surface area contributed by atoms with Crippen molar-refractivity contribution in [1.29, 1.82) is 5.26 Å². The lowest BCUT2D eigenvalue weighted by Crippen LogP contribution is -2.34. The number of carbonyl (C=O) groups excluding carboxylic acids is 2. The minimum absolute atomic E-state index is 0.0636. The van der Waals surface area contributed by atoms with Crippen LogP contribution >= 0.6 is 0 Å². The van der Waals surface area contributed by atoms with Crippen molar-refractivity contribution in [2.45, 2.75) is 51.9 Å². The van der Waals surface area contributed by atoms with Crippen molar-refractivity contribution < 1.29 is 9.59 Å². The van der Waals surface area contributed by atoms with Crippen LogP contribution in [0, 0.1) is 16.7 Å². The minimum Gasteiger partial charge on any atom is -0.294 e. The highest BCUT2D eigenvalue weighted by atomic mass is 16.2. The molecule has 0 amide bonds. The van der Waals surface area contributed by atoms with E-state index in [1.54, 1.807) is 0 Å². The van der Waals surface area contributed by atoms with Gasteiger partial charge < -0.3 is 0 Å². The van der Waals surface area contributed by atoms with Gasteiger partial charge in [0.15, 0.2) is 11.6 Å². The Bertz CT molecular complexity index is 965. The molecule has 0 N–H and O–H groups in total. The number of rotatable bonds is 6. The fourth-order valence-corrected chi connectivity index (χ4v) is 4.12. The Hall–Kier alpha value is -2.99. The van der Waals surface area contributed by atoms with Gasteiger partial charge in [-0.05, 0) is 30.9 Å². The van der Waals surface area contributed by atoms with Crippen molar-refractivity contribution in [1.82, 2.24) is 0 Å². The van der Waals surface area contributed by atoms with E-state index in [0.717, 1.165) is 29.5 Å². The van der Waals surface area contributed by atoms with E-state index in [1.807, 2.05) is 81.4 Å². The van der Waals surface area contributed by atoms with Gasteiger partial charge in [0, 0.05) is 17.8 Å². The number of ketones is 2. The van der Waals surface area contributed by atoms with Gasteiger partial charge in [-0.25, -0.2) is 0 Å². The molecule has 0 aromatic heterocycles. The summed E-state index contributed by atoms with van der Waals surface area (Å²) in [6.45, 7) is 5.70. The molecule has 0 aliphatic heterocycles. The summed E-state index contributed by atoms with van der Waals surface area (Å²) in [4.78, 5) is 26.3. The van der Waals surface area contributed by atoms with Crippen molar-refractivity contribution in [2.24, 2.45) is 5.41 Å². The van der Waals surface area contributed by atoms with Crippen LogP contribution in [0.15, 0.2) is 71.8 Å². The number of carbonyl (C=O) groups is 2. The predicted octanol–water partition coefficient (Wildman–Crippen LogP) is 5.74. The van der Waals surface area contributed by atoms with Crippen LogP contribution in [0.3, 0.4) is 0 Å². The molecule has 0 bridgehead atoms. The molecule has 1 aliphatic rings. The SMILES string of the molecule is CC1=C(C(=O)C[C@H](c2ccccc2)[C@H](C#N)c2ccccc2)C(=O)C(C)(C)CC1. The summed E-state index contributed by atoms with van der Waals surface area (Å²) in [5.41, 5.74) is 2.54. The molecule has 0 heterocycles. The number of nitrogens with zero attached hydrogens (tertiary/aromatic N) is 1. The highest BCUT2D eigenvalue weighted by Crippen LogP contribution is 2.40. The Morgan fingerprint density at radius 1 is 1.03 bits per heavy atom. The first-order valence-corrected chi connectivity index (χ1v) is 10.1. The average molecular weight is 386 g/mol. The van der Waals surface area contributed by atoms with Crippen molar-refractivity contribution in [3.63, 3.8) is 0 Å². The van der Waals surface area contributed by atoms with Crippen molar-refractivity contribution in [2.75, 3.05) is 0 Å². The molecule has 29 heavy (non-hydrogen) atoms. The lowest BCUT2D eigenvalue weighted by Gasteiger charge is -2.31. The number of nitriles is 1. The number of hydrogen-bond acceptors (Lipinski definition) is 3. The number of benzene rings is 2. The van der Waals surface area contributed by atoms with E-state index in [4.69, 9.17) is 0 Å². The molecule has 0 fully saturated rings. The first-order chi connectivity index (χ1) is 13.8. The maximum absolute atomic E-state index is 13.4. The first-order valence-electron chi connectivity index (χ1n) is 10.1. The van der Waals surface area contributed by atoms with Crippen molar-refractivity contribution in [3.05, 3.63) is 82.9 Å². The molecule has 2 aromatic rings. The van der Waals surface area contributed by atoms with Crippen LogP contribution in [-0.4, -0.2) is 11.6 Å². The highest BCUT2D eigenvalue weighted by Gasteiger charge is 2.39. The van der Waals surface area contributed by atoms with E-state index >= 15 is 0 Å². The average Bonchev–Trinajstić information content (AvgIpc) is 2.73. The topological polar surface area (TPSA) is 57.9 Å². The fourth-order valence-electron chi connectivity index (χ4n) is 4.12. The molecule has 0 saturated heterocycles. The van der Waals surface area contributed by atoms with Crippen molar-refractivity contribution >= 4 is 11.6 Å². The van der Waals surface area contributed by atoms with Gasteiger partial charge in [0.05, 0.1) is 17.6 Å². The Morgan fingerprint density at radius 3 is 2.14 bits per heavy atom. The molecule has 2 aromatic carbocycles. The Balaban J connectivity index is 1.99. The van der Waals surface area contributed by atoms with Gasteiger partial charge in [-0.3, -0.25) is 9.59 Å². The zero-order valence-corrected chi connectivity index (χ0v) is 17.3. The fraction of sp³-hybridized carbons (Fsp3) is 0.346. The summed E-state index contributed by atoms with van der Waals surface area (Å²) >= 11 is 0. The van der Waals surface area contributed by atoms with E-state index < -0.39 is 11.3 Å².